The van der Waals surface area contributed by atoms with Crippen molar-refractivity contribution in [3.05, 3.63) is 34.4 Å². The van der Waals surface area contributed by atoms with Crippen LogP contribution in [0, 0.1) is 5.92 Å². The quantitative estimate of drug-likeness (QED) is 0.868. The van der Waals surface area contributed by atoms with Gasteiger partial charge in [-0.3, -0.25) is 0 Å². The minimum atomic E-state index is 0.797. The van der Waals surface area contributed by atoms with Gasteiger partial charge in [-0.2, -0.15) is 0 Å². The van der Waals surface area contributed by atoms with Crippen LogP contribution in [0.25, 0.3) is 10.9 Å². The van der Waals surface area contributed by atoms with Crippen molar-refractivity contribution in [3.8, 4) is 0 Å². The number of fused-ring (bicyclic) bond motifs is 1. The lowest BCUT2D eigenvalue weighted by atomic mass is 9.98. The zero-order valence-corrected chi connectivity index (χ0v) is 10.7. The van der Waals surface area contributed by atoms with Crippen LogP contribution in [-0.2, 0) is 6.42 Å². The first-order valence-electron chi connectivity index (χ1n) is 5.80. The molecule has 1 aliphatic rings. The first-order chi connectivity index (χ1) is 7.84. The predicted octanol–water partition coefficient (Wildman–Crippen LogP) is 3.08. The average Bonchev–Trinajstić information content (AvgIpc) is 2.90. The van der Waals surface area contributed by atoms with E-state index in [1.54, 1.807) is 0 Å². The van der Waals surface area contributed by atoms with Crippen LogP contribution in [0.4, 0.5) is 0 Å². The molecule has 0 bridgehead atoms. The number of rotatable bonds is 2. The Balaban J connectivity index is 1.97. The summed E-state index contributed by atoms with van der Waals surface area (Å²) in [4.78, 5) is 3.35. The summed E-state index contributed by atoms with van der Waals surface area (Å²) in [5.41, 5.74) is 2.67. The van der Waals surface area contributed by atoms with E-state index < -0.39 is 0 Å². The molecular formula is C13H15BrN2. The Morgan fingerprint density at radius 3 is 3.12 bits per heavy atom. The fourth-order valence-electron chi connectivity index (χ4n) is 2.57. The lowest BCUT2D eigenvalue weighted by molar-refractivity contribution is 0.582. The Morgan fingerprint density at radius 1 is 1.38 bits per heavy atom. The second kappa shape index (κ2) is 4.22. The van der Waals surface area contributed by atoms with Gasteiger partial charge in [0, 0.05) is 21.6 Å². The predicted molar refractivity (Wildman–Crippen MR) is 70.7 cm³/mol. The summed E-state index contributed by atoms with van der Waals surface area (Å²) in [5.74, 6) is 0.797. The third-order valence-electron chi connectivity index (χ3n) is 3.41. The molecule has 2 heterocycles. The van der Waals surface area contributed by atoms with Gasteiger partial charge in [0.25, 0.3) is 0 Å². The number of benzene rings is 1. The summed E-state index contributed by atoms with van der Waals surface area (Å²) in [6, 6.07) is 6.33. The molecule has 3 rings (SSSR count). The number of aromatic nitrogens is 1. The van der Waals surface area contributed by atoms with Crippen molar-refractivity contribution in [1.82, 2.24) is 10.3 Å². The summed E-state index contributed by atoms with van der Waals surface area (Å²) < 4.78 is 1.20. The van der Waals surface area contributed by atoms with Crippen LogP contribution in [-0.4, -0.2) is 18.1 Å². The Labute approximate surface area is 104 Å². The van der Waals surface area contributed by atoms with Crippen LogP contribution in [0.2, 0.25) is 0 Å². The van der Waals surface area contributed by atoms with Gasteiger partial charge in [-0.05, 0) is 49.5 Å². The largest absolute Gasteiger partial charge is 0.361 e. The minimum Gasteiger partial charge on any atom is -0.361 e. The van der Waals surface area contributed by atoms with E-state index >= 15 is 0 Å². The third-order valence-corrected chi connectivity index (χ3v) is 4.07. The zero-order valence-electron chi connectivity index (χ0n) is 9.09. The van der Waals surface area contributed by atoms with Crippen LogP contribution in [0.3, 0.4) is 0 Å². The Morgan fingerprint density at radius 2 is 2.31 bits per heavy atom. The highest BCUT2D eigenvalue weighted by molar-refractivity contribution is 9.10. The SMILES string of the molecule is Brc1cccc2[nH]cc(CC3CCNC3)c12. The van der Waals surface area contributed by atoms with E-state index in [-0.39, 0.29) is 0 Å². The molecule has 2 nitrogen and oxygen atoms in total. The molecule has 0 saturated carbocycles. The molecule has 1 aliphatic heterocycles. The van der Waals surface area contributed by atoms with Gasteiger partial charge in [0.05, 0.1) is 0 Å². The first-order valence-corrected chi connectivity index (χ1v) is 6.59. The van der Waals surface area contributed by atoms with E-state index in [9.17, 15) is 0 Å². The van der Waals surface area contributed by atoms with Gasteiger partial charge in [0.1, 0.15) is 0 Å². The van der Waals surface area contributed by atoms with Crippen LogP contribution < -0.4 is 5.32 Å². The number of nitrogens with one attached hydrogen (secondary N) is 2. The smallest absolute Gasteiger partial charge is 0.0468 e. The van der Waals surface area contributed by atoms with Crippen LogP contribution in [0.1, 0.15) is 12.0 Å². The molecular weight excluding hydrogens is 264 g/mol. The molecule has 0 spiro atoms. The normalized spacial score (nSPS) is 20.7. The average molecular weight is 279 g/mol. The fraction of sp³-hybridized carbons (Fsp3) is 0.385. The summed E-state index contributed by atoms with van der Waals surface area (Å²) in [5, 5.41) is 4.78. The van der Waals surface area contributed by atoms with Crippen LogP contribution in [0.15, 0.2) is 28.9 Å². The number of halogens is 1. The van der Waals surface area contributed by atoms with E-state index in [1.807, 2.05) is 0 Å². The molecule has 3 heteroatoms. The lowest BCUT2D eigenvalue weighted by Crippen LogP contribution is -2.10. The van der Waals surface area contributed by atoms with Gasteiger partial charge in [0.2, 0.25) is 0 Å². The van der Waals surface area contributed by atoms with E-state index in [1.165, 1.54) is 40.3 Å². The van der Waals surface area contributed by atoms with Crippen molar-refractivity contribution in [2.24, 2.45) is 5.92 Å². The summed E-state index contributed by atoms with van der Waals surface area (Å²) in [6.07, 6.45) is 4.64. The number of H-pyrrole nitrogens is 1. The lowest BCUT2D eigenvalue weighted by Gasteiger charge is -2.07. The fourth-order valence-corrected chi connectivity index (χ4v) is 3.19. The van der Waals surface area contributed by atoms with Gasteiger partial charge in [0.15, 0.2) is 0 Å². The Bertz CT molecular complexity index is 498. The molecule has 1 saturated heterocycles. The maximum Gasteiger partial charge on any atom is 0.0468 e. The van der Waals surface area contributed by atoms with Crippen molar-refractivity contribution in [3.63, 3.8) is 0 Å². The molecule has 1 aromatic carbocycles. The monoisotopic (exact) mass is 278 g/mol. The topological polar surface area (TPSA) is 27.8 Å². The highest BCUT2D eigenvalue weighted by Gasteiger charge is 2.17. The number of hydrogen-bond donors (Lipinski definition) is 2. The summed E-state index contributed by atoms with van der Waals surface area (Å²) in [7, 11) is 0. The Kier molecular flexibility index (Phi) is 2.74. The maximum absolute atomic E-state index is 3.64. The van der Waals surface area contributed by atoms with Gasteiger partial charge >= 0.3 is 0 Å². The van der Waals surface area contributed by atoms with Gasteiger partial charge in [-0.1, -0.05) is 22.0 Å². The second-order valence-corrected chi connectivity index (χ2v) is 5.39. The maximum atomic E-state index is 3.64. The summed E-state index contributed by atoms with van der Waals surface area (Å²) in [6.45, 7) is 2.34. The molecule has 1 aromatic heterocycles. The van der Waals surface area contributed by atoms with Crippen LogP contribution >= 0.6 is 15.9 Å². The molecule has 84 valence electrons. The molecule has 16 heavy (non-hydrogen) atoms. The molecule has 0 aliphatic carbocycles. The number of aromatic amines is 1. The van der Waals surface area contributed by atoms with Crippen molar-refractivity contribution in [2.45, 2.75) is 12.8 Å². The van der Waals surface area contributed by atoms with Crippen molar-refractivity contribution in [2.75, 3.05) is 13.1 Å². The Hall–Kier alpha value is -0.800. The van der Waals surface area contributed by atoms with E-state index in [0.29, 0.717) is 0 Å². The van der Waals surface area contributed by atoms with Crippen LogP contribution in [0.5, 0.6) is 0 Å². The highest BCUT2D eigenvalue weighted by Crippen LogP contribution is 2.29. The number of hydrogen-bond acceptors (Lipinski definition) is 1. The molecule has 0 radical (unpaired) electrons. The zero-order chi connectivity index (χ0) is 11.0. The van der Waals surface area contributed by atoms with Gasteiger partial charge in [-0.25, -0.2) is 0 Å². The summed E-state index contributed by atoms with van der Waals surface area (Å²) >= 11 is 3.64. The second-order valence-electron chi connectivity index (χ2n) is 4.54. The molecule has 1 unspecified atom stereocenters. The third kappa shape index (κ3) is 1.78. The molecule has 0 amide bonds. The van der Waals surface area contributed by atoms with Crippen molar-refractivity contribution < 1.29 is 0 Å². The first kappa shape index (κ1) is 10.4. The molecule has 1 atom stereocenters. The standard InChI is InChI=1S/C13H15BrN2/c14-11-2-1-3-12-13(11)10(8-16-12)6-9-4-5-15-7-9/h1-3,8-9,15-16H,4-7H2. The van der Waals surface area contributed by atoms with E-state index in [0.717, 1.165) is 12.5 Å². The molecule has 2 N–H and O–H groups in total. The molecule has 1 fully saturated rings. The van der Waals surface area contributed by atoms with E-state index in [2.05, 4.69) is 50.6 Å². The van der Waals surface area contributed by atoms with Crippen molar-refractivity contribution >= 4 is 26.8 Å². The van der Waals surface area contributed by atoms with E-state index in [4.69, 9.17) is 0 Å². The van der Waals surface area contributed by atoms with Crippen molar-refractivity contribution in [1.29, 1.82) is 0 Å². The minimum absolute atomic E-state index is 0.797. The van der Waals surface area contributed by atoms with Gasteiger partial charge < -0.3 is 10.3 Å². The van der Waals surface area contributed by atoms with Gasteiger partial charge in [-0.15, -0.1) is 0 Å². The molecule has 2 aromatic rings. The highest BCUT2D eigenvalue weighted by atomic mass is 79.9.